The highest BCUT2D eigenvalue weighted by Crippen LogP contribution is 2.50. The Morgan fingerprint density at radius 2 is 1.38 bits per heavy atom. The molecule has 0 aliphatic heterocycles. The van der Waals surface area contributed by atoms with E-state index in [2.05, 4.69) is 15.9 Å². The van der Waals surface area contributed by atoms with Crippen LogP contribution in [0.1, 0.15) is 0 Å². The lowest BCUT2D eigenvalue weighted by atomic mass is 10.3. The SMILES string of the molecule is CN(c1ccc(Cl)cc1Br)P(=O)(c1ccccc1)c1ccccc1. The van der Waals surface area contributed by atoms with Gasteiger partial charge in [-0.15, -0.1) is 0 Å². The summed E-state index contributed by atoms with van der Waals surface area (Å²) in [6, 6.07) is 24.6. The van der Waals surface area contributed by atoms with Crippen molar-refractivity contribution >= 4 is 51.1 Å². The highest BCUT2D eigenvalue weighted by Gasteiger charge is 2.33. The third kappa shape index (κ3) is 3.17. The van der Waals surface area contributed by atoms with Crippen LogP contribution in [0.25, 0.3) is 0 Å². The Labute approximate surface area is 155 Å². The molecule has 0 spiro atoms. The molecule has 0 aliphatic rings. The maximum absolute atomic E-state index is 14.2. The first kappa shape index (κ1) is 17.3. The Bertz CT molecular complexity index is 843. The molecule has 122 valence electrons. The van der Waals surface area contributed by atoms with E-state index in [0.29, 0.717) is 5.02 Å². The number of benzene rings is 3. The maximum Gasteiger partial charge on any atom is 0.229 e. The van der Waals surface area contributed by atoms with Crippen molar-refractivity contribution < 1.29 is 4.57 Å². The van der Waals surface area contributed by atoms with Gasteiger partial charge >= 0.3 is 0 Å². The number of hydrogen-bond donors (Lipinski definition) is 0. The minimum atomic E-state index is -3.02. The van der Waals surface area contributed by atoms with Crippen molar-refractivity contribution in [2.24, 2.45) is 0 Å². The van der Waals surface area contributed by atoms with Crippen LogP contribution in [-0.4, -0.2) is 7.05 Å². The zero-order chi connectivity index (χ0) is 17.2. The molecule has 0 fully saturated rings. The van der Waals surface area contributed by atoms with Gasteiger partial charge in [0.05, 0.1) is 5.69 Å². The molecular weight excluding hydrogens is 405 g/mol. The summed E-state index contributed by atoms with van der Waals surface area (Å²) < 4.78 is 16.9. The molecule has 0 N–H and O–H groups in total. The number of halogens is 2. The first-order valence-corrected chi connectivity index (χ1v) is 10.3. The highest BCUT2D eigenvalue weighted by molar-refractivity contribution is 9.10. The Morgan fingerprint density at radius 1 is 0.875 bits per heavy atom. The second-order valence-corrected chi connectivity index (χ2v) is 9.44. The second-order valence-electron chi connectivity index (χ2n) is 5.37. The summed E-state index contributed by atoms with van der Waals surface area (Å²) in [6.45, 7) is 0. The van der Waals surface area contributed by atoms with Gasteiger partial charge in [-0.3, -0.25) is 4.57 Å². The lowest BCUT2D eigenvalue weighted by molar-refractivity contribution is 0.586. The van der Waals surface area contributed by atoms with Crippen LogP contribution >= 0.6 is 34.8 Å². The number of rotatable bonds is 4. The van der Waals surface area contributed by atoms with E-state index in [-0.39, 0.29) is 0 Å². The van der Waals surface area contributed by atoms with Crippen LogP contribution in [0.15, 0.2) is 83.3 Å². The summed E-state index contributed by atoms with van der Waals surface area (Å²) in [7, 11) is -1.16. The molecule has 0 bridgehead atoms. The summed E-state index contributed by atoms with van der Waals surface area (Å²) in [6.07, 6.45) is 0. The molecular formula is C19H16BrClNOP. The fourth-order valence-electron chi connectivity index (χ4n) is 2.65. The molecule has 0 amide bonds. The summed E-state index contributed by atoms with van der Waals surface area (Å²) >= 11 is 9.59. The van der Waals surface area contributed by atoms with Crippen molar-refractivity contribution in [1.82, 2.24) is 0 Å². The maximum atomic E-state index is 14.2. The molecule has 24 heavy (non-hydrogen) atoms. The Balaban J connectivity index is 2.21. The number of hydrogen-bond acceptors (Lipinski definition) is 1. The lowest BCUT2D eigenvalue weighted by Crippen LogP contribution is -2.29. The average Bonchev–Trinajstić information content (AvgIpc) is 2.62. The minimum Gasteiger partial charge on any atom is -0.318 e. The van der Waals surface area contributed by atoms with Crippen LogP contribution in [0, 0.1) is 0 Å². The molecule has 0 saturated heterocycles. The van der Waals surface area contributed by atoms with E-state index in [4.69, 9.17) is 11.6 Å². The molecule has 2 nitrogen and oxygen atoms in total. The summed E-state index contributed by atoms with van der Waals surface area (Å²) in [5.41, 5.74) is 0.829. The second kappa shape index (κ2) is 7.14. The summed E-state index contributed by atoms with van der Waals surface area (Å²) in [4.78, 5) is 0. The van der Waals surface area contributed by atoms with E-state index in [0.717, 1.165) is 20.8 Å². The van der Waals surface area contributed by atoms with Crippen LogP contribution in [0.4, 0.5) is 5.69 Å². The van der Waals surface area contributed by atoms with Gasteiger partial charge < -0.3 is 4.67 Å². The molecule has 3 aromatic carbocycles. The van der Waals surface area contributed by atoms with Crippen LogP contribution in [0.5, 0.6) is 0 Å². The average molecular weight is 421 g/mol. The fourth-order valence-corrected chi connectivity index (χ4v) is 6.36. The van der Waals surface area contributed by atoms with E-state index in [1.165, 1.54) is 0 Å². The van der Waals surface area contributed by atoms with Crippen molar-refractivity contribution in [3.05, 3.63) is 88.4 Å². The van der Waals surface area contributed by atoms with E-state index in [1.54, 1.807) is 6.07 Å². The summed E-state index contributed by atoms with van der Waals surface area (Å²) in [5.74, 6) is 0. The van der Waals surface area contributed by atoms with E-state index < -0.39 is 7.29 Å². The normalized spacial score (nSPS) is 11.3. The monoisotopic (exact) mass is 419 g/mol. The van der Waals surface area contributed by atoms with Gasteiger partial charge in [0.15, 0.2) is 0 Å². The molecule has 0 heterocycles. The highest BCUT2D eigenvalue weighted by atomic mass is 79.9. The quantitative estimate of drug-likeness (QED) is 0.522. The van der Waals surface area contributed by atoms with Gasteiger partial charge in [-0.1, -0.05) is 48.0 Å². The third-order valence-electron chi connectivity index (χ3n) is 3.89. The predicted molar refractivity (Wildman–Crippen MR) is 107 cm³/mol. The zero-order valence-electron chi connectivity index (χ0n) is 13.1. The number of nitrogens with zero attached hydrogens (tertiary/aromatic N) is 1. The molecule has 0 aromatic heterocycles. The van der Waals surface area contributed by atoms with E-state index in [9.17, 15) is 4.57 Å². The topological polar surface area (TPSA) is 20.3 Å². The minimum absolute atomic E-state index is 0.633. The van der Waals surface area contributed by atoms with Crippen molar-refractivity contribution in [2.45, 2.75) is 0 Å². The first-order chi connectivity index (χ1) is 11.5. The van der Waals surface area contributed by atoms with Gasteiger partial charge in [-0.05, 0) is 58.4 Å². The first-order valence-electron chi connectivity index (χ1n) is 7.44. The Kier molecular flexibility index (Phi) is 5.15. The molecule has 3 rings (SSSR count). The Hall–Kier alpha value is -1.54. The van der Waals surface area contributed by atoms with Gasteiger partial charge in [0.25, 0.3) is 0 Å². The number of anilines is 1. The van der Waals surface area contributed by atoms with Crippen molar-refractivity contribution in [1.29, 1.82) is 0 Å². The zero-order valence-corrected chi connectivity index (χ0v) is 16.3. The smallest absolute Gasteiger partial charge is 0.229 e. The van der Waals surface area contributed by atoms with Crippen molar-refractivity contribution in [3.8, 4) is 0 Å². The van der Waals surface area contributed by atoms with E-state index >= 15 is 0 Å². The third-order valence-corrected chi connectivity index (χ3v) is 7.82. The summed E-state index contributed by atoms with van der Waals surface area (Å²) in [5, 5.41) is 2.22. The predicted octanol–water partition coefficient (Wildman–Crippen LogP) is 5.47. The van der Waals surface area contributed by atoms with E-state index in [1.807, 2.05) is 84.5 Å². The van der Waals surface area contributed by atoms with Gasteiger partial charge in [0.1, 0.15) is 0 Å². The molecule has 0 atom stereocenters. The molecule has 0 aliphatic carbocycles. The van der Waals surface area contributed by atoms with Gasteiger partial charge in [-0.2, -0.15) is 0 Å². The van der Waals surface area contributed by atoms with Crippen molar-refractivity contribution in [2.75, 3.05) is 11.7 Å². The molecule has 0 saturated carbocycles. The largest absolute Gasteiger partial charge is 0.318 e. The Morgan fingerprint density at radius 3 is 1.83 bits per heavy atom. The molecule has 3 aromatic rings. The van der Waals surface area contributed by atoms with Crippen molar-refractivity contribution in [3.63, 3.8) is 0 Å². The van der Waals surface area contributed by atoms with Crippen LogP contribution in [0.3, 0.4) is 0 Å². The standard InChI is InChI=1S/C19H16BrClNOP/c1-22(19-13-12-15(21)14-18(19)20)24(23,16-8-4-2-5-9-16)17-10-6-3-7-11-17/h2-14H,1H3. The van der Waals surface area contributed by atoms with Gasteiger partial charge in [0.2, 0.25) is 7.29 Å². The van der Waals surface area contributed by atoms with Crippen LogP contribution in [0.2, 0.25) is 5.02 Å². The van der Waals surface area contributed by atoms with Crippen LogP contribution in [-0.2, 0) is 4.57 Å². The van der Waals surface area contributed by atoms with Gasteiger partial charge in [-0.25, -0.2) is 0 Å². The van der Waals surface area contributed by atoms with Crippen LogP contribution < -0.4 is 15.3 Å². The fraction of sp³-hybridized carbons (Fsp3) is 0.0526. The lowest BCUT2D eigenvalue weighted by Gasteiger charge is -2.31. The van der Waals surface area contributed by atoms with Gasteiger partial charge in [0, 0.05) is 27.2 Å². The molecule has 5 heteroatoms. The molecule has 0 radical (unpaired) electrons. The molecule has 0 unspecified atom stereocenters.